The third-order valence-corrected chi connectivity index (χ3v) is 3.85. The van der Waals surface area contributed by atoms with E-state index < -0.39 is 9.84 Å². The molecule has 0 heterocycles. The second-order valence-electron chi connectivity index (χ2n) is 3.35. The van der Waals surface area contributed by atoms with Gasteiger partial charge in [0.15, 0.2) is 0 Å². The monoisotopic (exact) mass is 228 g/mol. The van der Waals surface area contributed by atoms with Crippen LogP contribution in [-0.4, -0.2) is 29.0 Å². The fraction of sp³-hybridized carbons (Fsp3) is 1.00. The Hall–Kier alpha value is 1.19. The summed E-state index contributed by atoms with van der Waals surface area (Å²) in [6.07, 6.45) is 0. The van der Waals surface area contributed by atoms with E-state index in [0.717, 1.165) is 0 Å². The molecular weight excluding hydrogens is 212 g/mol. The van der Waals surface area contributed by atoms with Gasteiger partial charge in [-0.05, 0) is 27.8 Å². The lowest BCUT2D eigenvalue weighted by Gasteiger charge is -2.25. The molecule has 0 atom stereocenters. The van der Waals surface area contributed by atoms with Crippen molar-refractivity contribution in [2.45, 2.75) is 25.5 Å². The van der Waals surface area contributed by atoms with Crippen molar-refractivity contribution in [1.82, 2.24) is 7.35 Å². The van der Waals surface area contributed by atoms with E-state index in [4.69, 9.17) is 0 Å². The molecule has 0 saturated carbocycles. The van der Waals surface area contributed by atoms with Gasteiger partial charge in [0.05, 0.1) is 0 Å². The maximum absolute atomic E-state index is 4.33. The van der Waals surface area contributed by atoms with E-state index in [2.05, 4.69) is 46.4 Å². The smallest absolute Gasteiger partial charge is 0.205 e. The molecule has 0 N–H and O–H groups in total. The van der Waals surface area contributed by atoms with Crippen LogP contribution in [0.1, 0.15) is 20.8 Å². The maximum atomic E-state index is 4.33. The predicted octanol–water partition coefficient (Wildman–Crippen LogP) is 1.36. The minimum Gasteiger partial charge on any atom is -0.267 e. The third kappa shape index (κ3) is 9.10. The van der Waals surface area contributed by atoms with Crippen molar-refractivity contribution in [3.63, 3.8) is 0 Å². The molecule has 0 aromatic heterocycles. The molecule has 6 heteroatoms. The van der Waals surface area contributed by atoms with Gasteiger partial charge in [-0.3, -0.25) is 3.97 Å². The molecule has 0 amide bonds. The molecule has 0 spiro atoms. The van der Waals surface area contributed by atoms with Gasteiger partial charge in [-0.1, -0.05) is 24.8 Å². The zero-order valence-corrected chi connectivity index (χ0v) is 11.4. The lowest BCUT2D eigenvalue weighted by atomic mass is 10.3. The maximum Gasteiger partial charge on any atom is 0.205 e. The summed E-state index contributed by atoms with van der Waals surface area (Å²) in [5.74, 6) is 0. The number of hydrogen-bond donors (Lipinski definition) is 2. The van der Waals surface area contributed by atoms with E-state index in [1.807, 2.05) is 14.4 Å². The molecule has 0 aliphatic heterocycles. The molecular formula is C5H16N2S3Si. The molecule has 11 heavy (non-hydrogen) atoms. The molecule has 0 aromatic rings. The summed E-state index contributed by atoms with van der Waals surface area (Å²) >= 11 is 10.3. The van der Waals surface area contributed by atoms with Crippen LogP contribution in [0.4, 0.5) is 0 Å². The van der Waals surface area contributed by atoms with Crippen molar-refractivity contribution < 1.29 is 0 Å². The van der Waals surface area contributed by atoms with Gasteiger partial charge >= 0.3 is 0 Å². The fourth-order valence-corrected chi connectivity index (χ4v) is 5.65. The Labute approximate surface area is 87.3 Å². The Morgan fingerprint density at radius 2 is 1.73 bits per heavy atom. The molecule has 0 fully saturated rings. The van der Waals surface area contributed by atoms with E-state index >= 15 is 0 Å². The van der Waals surface area contributed by atoms with Crippen LogP contribution in [0.3, 0.4) is 0 Å². The van der Waals surface area contributed by atoms with Crippen LogP contribution in [0, 0.1) is 0 Å². The summed E-state index contributed by atoms with van der Waals surface area (Å²) in [4.78, 5) is 0. The zero-order valence-electron chi connectivity index (χ0n) is 7.40. The molecule has 0 saturated heterocycles. The average molecular weight is 228 g/mol. The molecule has 68 valence electrons. The highest BCUT2D eigenvalue weighted by Gasteiger charge is 2.15. The molecule has 0 rings (SSSR count). The summed E-state index contributed by atoms with van der Waals surface area (Å²) < 4.78 is 4.18. The number of rotatable bonds is 3. The SMILES string of the molecule is CN(S)[SiH2]N(S)SC(C)(C)C. The van der Waals surface area contributed by atoms with Gasteiger partial charge in [0.1, 0.15) is 0 Å². The van der Waals surface area contributed by atoms with Crippen LogP contribution in [0.15, 0.2) is 0 Å². The van der Waals surface area contributed by atoms with Gasteiger partial charge in [-0.25, -0.2) is 3.38 Å². The quantitative estimate of drug-likeness (QED) is 0.428. The largest absolute Gasteiger partial charge is 0.267 e. The Kier molecular flexibility index (Phi) is 5.58. The van der Waals surface area contributed by atoms with Gasteiger partial charge in [-0.2, -0.15) is 0 Å². The highest BCUT2D eigenvalue weighted by Crippen LogP contribution is 2.27. The van der Waals surface area contributed by atoms with E-state index in [1.165, 1.54) is 0 Å². The first-order valence-electron chi connectivity index (χ1n) is 3.37. The highest BCUT2D eigenvalue weighted by atomic mass is 32.2. The Balaban J connectivity index is 3.61. The van der Waals surface area contributed by atoms with Crippen molar-refractivity contribution in [2.75, 3.05) is 7.05 Å². The first kappa shape index (κ1) is 12.2. The second-order valence-corrected chi connectivity index (χ2v) is 10.0. The first-order valence-corrected chi connectivity index (χ1v) is 6.20. The van der Waals surface area contributed by atoms with Crippen LogP contribution in [0.2, 0.25) is 0 Å². The molecule has 0 bridgehead atoms. The summed E-state index contributed by atoms with van der Waals surface area (Å²) in [5.41, 5.74) is 0. The highest BCUT2D eigenvalue weighted by molar-refractivity contribution is 8.07. The Morgan fingerprint density at radius 1 is 1.27 bits per heavy atom. The molecule has 0 unspecified atom stereocenters. The van der Waals surface area contributed by atoms with E-state index in [-0.39, 0.29) is 4.75 Å². The van der Waals surface area contributed by atoms with Crippen molar-refractivity contribution in [1.29, 1.82) is 0 Å². The Morgan fingerprint density at radius 3 is 2.00 bits per heavy atom. The first-order chi connectivity index (χ1) is 4.81. The van der Waals surface area contributed by atoms with Crippen LogP contribution < -0.4 is 0 Å². The lowest BCUT2D eigenvalue weighted by Crippen LogP contribution is -2.26. The number of thiol groups is 2. The van der Waals surface area contributed by atoms with Gasteiger partial charge in [0.25, 0.3) is 0 Å². The third-order valence-electron chi connectivity index (χ3n) is 0.705. The average Bonchev–Trinajstić information content (AvgIpc) is 1.53. The van der Waals surface area contributed by atoms with E-state index in [1.54, 1.807) is 11.9 Å². The zero-order chi connectivity index (χ0) is 9.07. The van der Waals surface area contributed by atoms with E-state index in [9.17, 15) is 0 Å². The molecule has 2 nitrogen and oxygen atoms in total. The second kappa shape index (κ2) is 5.03. The topological polar surface area (TPSA) is 6.48 Å². The van der Waals surface area contributed by atoms with Crippen molar-refractivity contribution in [2.24, 2.45) is 0 Å². The summed E-state index contributed by atoms with van der Waals surface area (Å²) in [7, 11) is 1.51. The van der Waals surface area contributed by atoms with Crippen molar-refractivity contribution in [3.8, 4) is 0 Å². The standard InChI is InChI=1S/C5H16N2S3Si/c1-5(2,3)10-7(9)11-6(4)8/h8-9H,11H2,1-4H3. The summed E-state index contributed by atoms with van der Waals surface area (Å²) in [5, 5.41) is 0. The molecule has 0 radical (unpaired) electrons. The van der Waals surface area contributed by atoms with E-state index in [0.29, 0.717) is 0 Å². The molecule has 0 aromatic carbocycles. The normalized spacial score (nSPS) is 14.2. The van der Waals surface area contributed by atoms with Crippen molar-refractivity contribution >= 4 is 47.4 Å². The number of hydrogen-bond acceptors (Lipinski definition) is 5. The van der Waals surface area contributed by atoms with Crippen LogP contribution >= 0.6 is 37.6 Å². The van der Waals surface area contributed by atoms with Gasteiger partial charge < -0.3 is 0 Å². The minimum absolute atomic E-state index is 0.249. The van der Waals surface area contributed by atoms with Crippen LogP contribution in [-0.2, 0) is 0 Å². The van der Waals surface area contributed by atoms with Gasteiger partial charge in [0, 0.05) is 4.75 Å². The van der Waals surface area contributed by atoms with Gasteiger partial charge in [-0.15, -0.1) is 12.8 Å². The fourth-order valence-electron chi connectivity index (χ4n) is 0.520. The van der Waals surface area contributed by atoms with Crippen molar-refractivity contribution in [3.05, 3.63) is 0 Å². The van der Waals surface area contributed by atoms with Gasteiger partial charge in [0.2, 0.25) is 9.84 Å². The van der Waals surface area contributed by atoms with Crippen LogP contribution in [0.5, 0.6) is 0 Å². The lowest BCUT2D eigenvalue weighted by molar-refractivity contribution is 0.783. The Bertz CT molecular complexity index is 115. The summed E-state index contributed by atoms with van der Waals surface area (Å²) in [6, 6.07) is 0. The number of nitrogens with zero attached hydrogens (tertiary/aromatic N) is 2. The predicted molar refractivity (Wildman–Crippen MR) is 63.5 cm³/mol. The summed E-state index contributed by atoms with van der Waals surface area (Å²) in [6.45, 7) is 6.52. The molecule has 0 aliphatic carbocycles. The molecule has 0 aliphatic rings. The minimum atomic E-state index is -0.451. The van der Waals surface area contributed by atoms with Crippen LogP contribution in [0.25, 0.3) is 0 Å².